The molecule has 0 saturated heterocycles. The van der Waals surface area contributed by atoms with Gasteiger partial charge in [-0.15, -0.1) is 0 Å². The molecular formula is C24H24N2O3. The second-order valence-electron chi connectivity index (χ2n) is 8.60. The van der Waals surface area contributed by atoms with Crippen molar-refractivity contribution in [1.82, 2.24) is 9.97 Å². The molecule has 1 spiro atoms. The molecule has 29 heavy (non-hydrogen) atoms. The fourth-order valence-corrected chi connectivity index (χ4v) is 4.65. The summed E-state index contributed by atoms with van der Waals surface area (Å²) in [7, 11) is 1.52. The van der Waals surface area contributed by atoms with Crippen LogP contribution in [0.1, 0.15) is 42.3 Å². The number of fused-ring (bicyclic) bond motifs is 2. The van der Waals surface area contributed by atoms with Gasteiger partial charge in [0.15, 0.2) is 0 Å². The number of nitrogens with one attached hydrogen (secondary N) is 1. The molecule has 5 rings (SSSR count). The van der Waals surface area contributed by atoms with Gasteiger partial charge in [-0.25, -0.2) is 4.98 Å². The van der Waals surface area contributed by atoms with Gasteiger partial charge in [-0.2, -0.15) is 0 Å². The van der Waals surface area contributed by atoms with Gasteiger partial charge in [-0.1, -0.05) is 30.3 Å². The van der Waals surface area contributed by atoms with Gasteiger partial charge in [0.25, 0.3) is 0 Å². The molecule has 148 valence electrons. The number of imidazole rings is 1. The molecule has 1 atom stereocenters. The maximum Gasteiger partial charge on any atom is 0.316 e. The first-order valence-corrected chi connectivity index (χ1v) is 9.98. The summed E-state index contributed by atoms with van der Waals surface area (Å²) in [5.41, 5.74) is 5.70. The third-order valence-corrected chi connectivity index (χ3v) is 6.58. The van der Waals surface area contributed by atoms with Crippen LogP contribution in [0.5, 0.6) is 0 Å². The van der Waals surface area contributed by atoms with Crippen LogP contribution >= 0.6 is 0 Å². The Morgan fingerprint density at radius 2 is 2.10 bits per heavy atom. The van der Waals surface area contributed by atoms with Crippen LogP contribution in [0.15, 0.2) is 42.5 Å². The third-order valence-electron chi connectivity index (χ3n) is 6.58. The molecule has 5 nitrogen and oxygen atoms in total. The number of hydrogen-bond acceptors (Lipinski definition) is 3. The molecule has 0 bridgehead atoms. The predicted octanol–water partition coefficient (Wildman–Crippen LogP) is 4.43. The lowest BCUT2D eigenvalue weighted by atomic mass is 9.83. The highest BCUT2D eigenvalue weighted by molar-refractivity contribution is 5.91. The first-order chi connectivity index (χ1) is 13.9. The summed E-state index contributed by atoms with van der Waals surface area (Å²) in [4.78, 5) is 20.0. The molecule has 1 fully saturated rings. The number of aromatic nitrogens is 2. The van der Waals surface area contributed by atoms with Crippen LogP contribution < -0.4 is 0 Å². The highest BCUT2D eigenvalue weighted by Crippen LogP contribution is 2.62. The number of aliphatic carboxylic acids is 1. The molecule has 2 aromatic carbocycles. The zero-order chi connectivity index (χ0) is 20.2. The highest BCUT2D eigenvalue weighted by atomic mass is 16.5. The Morgan fingerprint density at radius 3 is 2.83 bits per heavy atom. The van der Waals surface area contributed by atoms with Crippen LogP contribution in [0.3, 0.4) is 0 Å². The highest BCUT2D eigenvalue weighted by Gasteiger charge is 2.50. The average molecular weight is 388 g/mol. The van der Waals surface area contributed by atoms with E-state index in [0.717, 1.165) is 23.3 Å². The number of aromatic amines is 1. The molecule has 0 radical (unpaired) electrons. The summed E-state index contributed by atoms with van der Waals surface area (Å²) < 4.78 is 5.18. The topological polar surface area (TPSA) is 75.2 Å². The molecule has 1 aromatic heterocycles. The summed E-state index contributed by atoms with van der Waals surface area (Å²) in [6.45, 7) is 1.80. The molecular weight excluding hydrogens is 364 g/mol. The van der Waals surface area contributed by atoms with Crippen LogP contribution in [-0.2, 0) is 21.4 Å². The number of nitrogens with zero attached hydrogens (tertiary/aromatic N) is 1. The Labute approximate surface area is 169 Å². The second-order valence-corrected chi connectivity index (χ2v) is 8.60. The molecule has 1 heterocycles. The number of H-pyrrole nitrogens is 1. The van der Waals surface area contributed by atoms with Crippen molar-refractivity contribution in [3.8, 4) is 0 Å². The summed E-state index contributed by atoms with van der Waals surface area (Å²) >= 11 is 0. The number of carboxylic acids is 1. The fourth-order valence-electron chi connectivity index (χ4n) is 4.65. The van der Waals surface area contributed by atoms with Gasteiger partial charge >= 0.3 is 5.97 Å². The average Bonchev–Trinajstić information content (AvgIpc) is 3.25. The number of ether oxygens (including phenoxy) is 1. The van der Waals surface area contributed by atoms with E-state index >= 15 is 0 Å². The smallest absolute Gasteiger partial charge is 0.316 e. The Balaban J connectivity index is 1.56. The lowest BCUT2D eigenvalue weighted by Gasteiger charge is -2.24. The van der Waals surface area contributed by atoms with Crippen LogP contribution in [0.4, 0.5) is 0 Å². The molecule has 0 aliphatic heterocycles. The molecule has 0 amide bonds. The van der Waals surface area contributed by atoms with Crippen molar-refractivity contribution >= 4 is 28.7 Å². The van der Waals surface area contributed by atoms with E-state index in [2.05, 4.69) is 35.3 Å². The monoisotopic (exact) mass is 388 g/mol. The van der Waals surface area contributed by atoms with Crippen molar-refractivity contribution in [1.29, 1.82) is 0 Å². The minimum absolute atomic E-state index is 0.109. The molecule has 5 heteroatoms. The van der Waals surface area contributed by atoms with Gasteiger partial charge < -0.3 is 14.8 Å². The summed E-state index contributed by atoms with van der Waals surface area (Å²) in [6, 6.07) is 14.2. The van der Waals surface area contributed by atoms with Crippen molar-refractivity contribution in [3.05, 3.63) is 65.0 Å². The van der Waals surface area contributed by atoms with Crippen LogP contribution in [0.25, 0.3) is 22.7 Å². The Hall–Kier alpha value is -2.92. The van der Waals surface area contributed by atoms with Gasteiger partial charge in [0.2, 0.25) is 0 Å². The SMILES string of the molecule is COCC(C)(C(=O)O)c1ccc2nc(/C=C3/c4ccccc4CC34CC4)[nH]c2c1. The lowest BCUT2D eigenvalue weighted by Crippen LogP contribution is -2.37. The van der Waals surface area contributed by atoms with Gasteiger partial charge in [-0.05, 0) is 66.7 Å². The van der Waals surface area contributed by atoms with Crippen molar-refractivity contribution in [2.75, 3.05) is 13.7 Å². The van der Waals surface area contributed by atoms with Crippen molar-refractivity contribution in [2.24, 2.45) is 5.41 Å². The minimum atomic E-state index is -1.10. The quantitative estimate of drug-likeness (QED) is 0.678. The second kappa shape index (κ2) is 6.29. The van der Waals surface area contributed by atoms with Crippen LogP contribution in [0.2, 0.25) is 0 Å². The van der Waals surface area contributed by atoms with Crippen molar-refractivity contribution < 1.29 is 14.6 Å². The van der Waals surface area contributed by atoms with E-state index in [-0.39, 0.29) is 12.0 Å². The first kappa shape index (κ1) is 18.1. The maximum atomic E-state index is 11.9. The summed E-state index contributed by atoms with van der Waals surface area (Å²) in [5.74, 6) is -0.0855. The largest absolute Gasteiger partial charge is 0.481 e. The summed E-state index contributed by atoms with van der Waals surface area (Å²) in [6.07, 6.45) is 5.76. The standard InChI is InChI=1S/C24H24N2O3/c1-23(14-29-2,22(27)28)16-7-8-19-20(11-16)26-21(25-19)12-18-17-6-4-3-5-15(17)13-24(18)9-10-24/h3-8,11-12H,9-10,13-14H2,1-2H3,(H,25,26)(H,27,28)/b18-12-. The molecule has 2 aliphatic carbocycles. The normalized spacial score (nSPS) is 20.1. The van der Waals surface area contributed by atoms with Crippen molar-refractivity contribution in [3.63, 3.8) is 0 Å². The van der Waals surface area contributed by atoms with E-state index in [1.807, 2.05) is 18.2 Å². The van der Waals surface area contributed by atoms with E-state index in [9.17, 15) is 9.90 Å². The fraction of sp³-hybridized carbons (Fsp3) is 0.333. The third kappa shape index (κ3) is 2.80. The number of allylic oxidation sites excluding steroid dienone is 1. The maximum absolute atomic E-state index is 11.9. The molecule has 1 saturated carbocycles. The number of carboxylic acid groups (broad SMARTS) is 1. The van der Waals surface area contributed by atoms with Crippen LogP contribution in [0, 0.1) is 5.41 Å². The van der Waals surface area contributed by atoms with Gasteiger partial charge in [-0.3, -0.25) is 4.79 Å². The van der Waals surface area contributed by atoms with E-state index < -0.39 is 11.4 Å². The lowest BCUT2D eigenvalue weighted by molar-refractivity contribution is -0.145. The van der Waals surface area contributed by atoms with Crippen LogP contribution in [-0.4, -0.2) is 34.8 Å². The summed E-state index contributed by atoms with van der Waals surface area (Å²) in [5, 5.41) is 9.73. The van der Waals surface area contributed by atoms with Crippen molar-refractivity contribution in [2.45, 2.75) is 31.6 Å². The first-order valence-electron chi connectivity index (χ1n) is 9.98. The Kier molecular flexibility index (Phi) is 3.93. The molecule has 2 N–H and O–H groups in total. The number of rotatable bonds is 5. The van der Waals surface area contributed by atoms with E-state index in [1.165, 1.54) is 36.7 Å². The number of carbonyl (C=O) groups is 1. The number of methoxy groups -OCH3 is 1. The zero-order valence-electron chi connectivity index (χ0n) is 16.7. The van der Waals surface area contributed by atoms with Gasteiger partial charge in [0.1, 0.15) is 11.2 Å². The molecule has 2 aliphatic rings. The number of hydrogen-bond donors (Lipinski definition) is 2. The van der Waals surface area contributed by atoms with E-state index in [4.69, 9.17) is 9.72 Å². The van der Waals surface area contributed by atoms with Gasteiger partial charge in [0.05, 0.1) is 17.6 Å². The predicted molar refractivity (Wildman–Crippen MR) is 113 cm³/mol. The zero-order valence-corrected chi connectivity index (χ0v) is 16.7. The molecule has 3 aromatic rings. The van der Waals surface area contributed by atoms with E-state index in [1.54, 1.807) is 6.92 Å². The Bertz CT molecular complexity index is 1160. The minimum Gasteiger partial charge on any atom is -0.481 e. The Morgan fingerprint density at radius 1 is 1.31 bits per heavy atom. The van der Waals surface area contributed by atoms with E-state index in [0.29, 0.717) is 5.56 Å². The van der Waals surface area contributed by atoms with Gasteiger partial charge in [0, 0.05) is 12.5 Å². The molecule has 1 unspecified atom stereocenters. The number of benzene rings is 2.